The van der Waals surface area contributed by atoms with Gasteiger partial charge in [0.05, 0.1) is 20.8 Å². The van der Waals surface area contributed by atoms with Gasteiger partial charge in [0.2, 0.25) is 0 Å². The highest BCUT2D eigenvalue weighted by molar-refractivity contribution is 5.52. The molecule has 0 aliphatic heterocycles. The average molecular weight is 467 g/mol. The number of benzene rings is 4. The summed E-state index contributed by atoms with van der Waals surface area (Å²) in [5.41, 5.74) is 6.42. The minimum atomic E-state index is -0.372. The molecule has 3 heteroatoms. The van der Waals surface area contributed by atoms with Crippen LogP contribution in [0.4, 0.5) is 0 Å². The van der Waals surface area contributed by atoms with Gasteiger partial charge in [-0.1, -0.05) is 86.6 Å². The molecule has 3 nitrogen and oxygen atoms in total. The van der Waals surface area contributed by atoms with Gasteiger partial charge in [-0.25, -0.2) is 0 Å². The molecule has 0 aromatic heterocycles. The van der Waals surface area contributed by atoms with Crippen molar-refractivity contribution in [1.82, 2.24) is 0 Å². The lowest BCUT2D eigenvalue weighted by molar-refractivity contribution is 0.282. The molecule has 4 aromatic carbocycles. The van der Waals surface area contributed by atoms with Gasteiger partial charge in [-0.05, 0) is 64.6 Å². The van der Waals surface area contributed by atoms with Crippen LogP contribution in [0.25, 0.3) is 0 Å². The smallest absolute Gasteiger partial charge is 0.118 e. The molecule has 0 fully saturated rings. The van der Waals surface area contributed by atoms with Gasteiger partial charge >= 0.3 is 0 Å². The van der Waals surface area contributed by atoms with Crippen molar-refractivity contribution in [3.8, 4) is 11.5 Å². The summed E-state index contributed by atoms with van der Waals surface area (Å²) in [6.45, 7) is 6.79. The summed E-state index contributed by atoms with van der Waals surface area (Å²) in [5.74, 6) is 1.70. The van der Waals surface area contributed by atoms with Crippen LogP contribution in [0.3, 0.4) is 0 Å². The zero-order valence-corrected chi connectivity index (χ0v) is 21.2. The van der Waals surface area contributed by atoms with Crippen LogP contribution in [-0.4, -0.2) is 19.3 Å². The molecule has 0 heterocycles. The highest BCUT2D eigenvalue weighted by Crippen LogP contribution is 2.41. The van der Waals surface area contributed by atoms with E-state index in [9.17, 15) is 5.11 Å². The van der Waals surface area contributed by atoms with Crippen molar-refractivity contribution in [2.24, 2.45) is 0 Å². The largest absolute Gasteiger partial charge is 0.497 e. The van der Waals surface area contributed by atoms with Gasteiger partial charge in [-0.3, -0.25) is 0 Å². The van der Waals surface area contributed by atoms with E-state index >= 15 is 0 Å². The average Bonchev–Trinajstić information content (AvgIpc) is 2.92. The third-order valence-corrected chi connectivity index (χ3v) is 7.38. The maximum absolute atomic E-state index is 9.53. The lowest BCUT2D eigenvalue weighted by Gasteiger charge is -2.33. The zero-order valence-electron chi connectivity index (χ0n) is 21.2. The maximum Gasteiger partial charge on any atom is 0.118 e. The number of methoxy groups -OCH3 is 2. The summed E-state index contributed by atoms with van der Waals surface area (Å²) < 4.78 is 10.7. The molecule has 0 saturated heterocycles. The molecule has 1 unspecified atom stereocenters. The Labute approximate surface area is 209 Å². The van der Waals surface area contributed by atoms with Crippen LogP contribution < -0.4 is 9.47 Å². The normalized spacial score (nSPS) is 13.2. The predicted octanol–water partition coefficient (Wildman–Crippen LogP) is 6.88. The minimum absolute atomic E-state index is 0.0364. The Kier molecular flexibility index (Phi) is 7.00. The third-order valence-electron chi connectivity index (χ3n) is 7.38. The van der Waals surface area contributed by atoms with E-state index < -0.39 is 0 Å². The molecule has 4 rings (SSSR count). The van der Waals surface area contributed by atoms with Gasteiger partial charge in [0.15, 0.2) is 0 Å². The van der Waals surface area contributed by atoms with Crippen molar-refractivity contribution in [2.45, 2.75) is 38.2 Å². The Bertz CT molecular complexity index is 1190. The molecule has 35 heavy (non-hydrogen) atoms. The summed E-state index contributed by atoms with van der Waals surface area (Å²) in [6.07, 6.45) is 0. The summed E-state index contributed by atoms with van der Waals surface area (Å²) in [4.78, 5) is 0. The minimum Gasteiger partial charge on any atom is -0.497 e. The van der Waals surface area contributed by atoms with Crippen molar-refractivity contribution < 1.29 is 14.6 Å². The summed E-state index contributed by atoms with van der Waals surface area (Å²) in [7, 11) is 3.38. The molecule has 0 aliphatic carbocycles. The summed E-state index contributed by atoms with van der Waals surface area (Å²) >= 11 is 0. The first-order valence-electron chi connectivity index (χ1n) is 11.9. The first-order chi connectivity index (χ1) is 16.8. The first-order valence-corrected chi connectivity index (χ1v) is 11.9. The molecular weight excluding hydrogens is 432 g/mol. The number of aliphatic hydroxyl groups excluding tert-OH is 1. The number of hydrogen-bond donors (Lipinski definition) is 1. The molecule has 1 N–H and O–H groups in total. The molecule has 0 spiro atoms. The van der Waals surface area contributed by atoms with Crippen molar-refractivity contribution in [2.75, 3.05) is 14.2 Å². The van der Waals surface area contributed by atoms with E-state index in [2.05, 4.69) is 81.4 Å². The van der Waals surface area contributed by atoms with Crippen LogP contribution in [0.2, 0.25) is 0 Å². The van der Waals surface area contributed by atoms with Crippen LogP contribution in [0.15, 0.2) is 97.1 Å². The van der Waals surface area contributed by atoms with Crippen LogP contribution >= 0.6 is 0 Å². The van der Waals surface area contributed by atoms with Gasteiger partial charge in [-0.15, -0.1) is 0 Å². The summed E-state index contributed by atoms with van der Waals surface area (Å²) in [6, 6.07) is 33.8. The van der Waals surface area contributed by atoms with E-state index in [0.29, 0.717) is 0 Å². The highest BCUT2D eigenvalue weighted by Gasteiger charge is 2.32. The van der Waals surface area contributed by atoms with Crippen LogP contribution in [0, 0.1) is 0 Å². The van der Waals surface area contributed by atoms with Gasteiger partial charge in [0, 0.05) is 10.8 Å². The zero-order chi connectivity index (χ0) is 25.1. The Balaban J connectivity index is 1.77. The Morgan fingerprint density at radius 1 is 0.514 bits per heavy atom. The standard InChI is InChI=1S/C32H34O3/c1-31(2,25-14-18-29(34-4)19-15-25)24-10-12-27(13-11-24)32(3,26-8-6-23(22-33)7-9-26)28-16-20-30(35-5)21-17-28/h6-21,33H,22H2,1-5H3. The fraction of sp³-hybridized carbons (Fsp3) is 0.250. The quantitative estimate of drug-likeness (QED) is 0.288. The molecule has 1 atom stereocenters. The van der Waals surface area contributed by atoms with Crippen molar-refractivity contribution in [3.05, 3.63) is 130 Å². The molecule has 4 aromatic rings. The lowest BCUT2D eigenvalue weighted by atomic mass is 9.70. The van der Waals surface area contributed by atoms with Gasteiger partial charge in [0.1, 0.15) is 11.5 Å². The molecule has 0 bridgehead atoms. The molecule has 0 radical (unpaired) electrons. The Hall–Kier alpha value is -3.56. The second kappa shape index (κ2) is 9.97. The molecule has 0 saturated carbocycles. The van der Waals surface area contributed by atoms with E-state index in [1.54, 1.807) is 14.2 Å². The van der Waals surface area contributed by atoms with Crippen molar-refractivity contribution >= 4 is 0 Å². The van der Waals surface area contributed by atoms with E-state index in [-0.39, 0.29) is 17.4 Å². The SMILES string of the molecule is COc1ccc(C(C)(C)c2ccc(C(C)(c3ccc(CO)cc3)c3ccc(OC)cc3)cc2)cc1. The molecule has 180 valence electrons. The number of rotatable bonds is 8. The van der Waals surface area contributed by atoms with Crippen LogP contribution in [-0.2, 0) is 17.4 Å². The Morgan fingerprint density at radius 3 is 1.20 bits per heavy atom. The predicted molar refractivity (Wildman–Crippen MR) is 142 cm³/mol. The lowest BCUT2D eigenvalue weighted by Crippen LogP contribution is -2.26. The van der Waals surface area contributed by atoms with Crippen LogP contribution in [0.5, 0.6) is 11.5 Å². The monoisotopic (exact) mass is 466 g/mol. The number of ether oxygens (including phenoxy) is 2. The van der Waals surface area contributed by atoms with Crippen LogP contribution in [0.1, 0.15) is 54.2 Å². The molecule has 0 amide bonds. The second-order valence-electron chi connectivity index (χ2n) is 9.64. The second-order valence-corrected chi connectivity index (χ2v) is 9.64. The number of hydrogen-bond acceptors (Lipinski definition) is 3. The number of aliphatic hydroxyl groups is 1. The maximum atomic E-state index is 9.53. The topological polar surface area (TPSA) is 38.7 Å². The van der Waals surface area contributed by atoms with Gasteiger partial charge in [0.25, 0.3) is 0 Å². The summed E-state index contributed by atoms with van der Waals surface area (Å²) in [5, 5.41) is 9.53. The van der Waals surface area contributed by atoms with Gasteiger partial charge in [-0.2, -0.15) is 0 Å². The van der Waals surface area contributed by atoms with Crippen molar-refractivity contribution in [1.29, 1.82) is 0 Å². The van der Waals surface area contributed by atoms with E-state index in [1.807, 2.05) is 36.4 Å². The molecular formula is C32H34O3. The fourth-order valence-corrected chi connectivity index (χ4v) is 4.76. The van der Waals surface area contributed by atoms with Gasteiger partial charge < -0.3 is 14.6 Å². The first kappa shape index (κ1) is 24.6. The fourth-order valence-electron chi connectivity index (χ4n) is 4.76. The Morgan fingerprint density at radius 2 is 0.829 bits per heavy atom. The van der Waals surface area contributed by atoms with Crippen molar-refractivity contribution in [3.63, 3.8) is 0 Å². The van der Waals surface area contributed by atoms with E-state index in [1.165, 1.54) is 27.8 Å². The highest BCUT2D eigenvalue weighted by atomic mass is 16.5. The van der Waals surface area contributed by atoms with E-state index in [4.69, 9.17) is 9.47 Å². The molecule has 0 aliphatic rings. The third kappa shape index (κ3) is 4.69. The van der Waals surface area contributed by atoms with E-state index in [0.717, 1.165) is 17.1 Å².